The van der Waals surface area contributed by atoms with Crippen LogP contribution in [0.2, 0.25) is 0 Å². The summed E-state index contributed by atoms with van der Waals surface area (Å²) >= 11 is 3.18. The Kier molecular flexibility index (Phi) is 3.71. The fraction of sp³-hybridized carbons (Fsp3) is 0.133. The van der Waals surface area contributed by atoms with Crippen molar-refractivity contribution in [1.29, 1.82) is 0 Å². The zero-order chi connectivity index (χ0) is 13.9. The monoisotopic (exact) mass is 301 g/mol. The number of hydrogen-bond donors (Lipinski definition) is 2. The molecule has 20 heavy (non-hydrogen) atoms. The topological polar surface area (TPSA) is 50.9 Å². The van der Waals surface area contributed by atoms with E-state index in [2.05, 4.69) is 40.2 Å². The van der Waals surface area contributed by atoms with E-state index in [1.165, 1.54) is 22.0 Å². The molecule has 0 unspecified atom stereocenters. The predicted octanol–water partition coefficient (Wildman–Crippen LogP) is 4.37. The first kappa shape index (κ1) is 13.1. The Balaban J connectivity index is 1.86. The van der Waals surface area contributed by atoms with Crippen molar-refractivity contribution < 1.29 is 0 Å². The Morgan fingerprint density at radius 3 is 2.70 bits per heavy atom. The molecule has 0 radical (unpaired) electrons. The lowest BCUT2D eigenvalue weighted by Gasteiger charge is -2.07. The van der Waals surface area contributed by atoms with E-state index in [-0.39, 0.29) is 0 Å². The first-order chi connectivity index (χ1) is 9.75. The molecule has 1 aromatic carbocycles. The first-order valence-corrected chi connectivity index (χ1v) is 7.98. The Bertz CT molecular complexity index is 701. The van der Waals surface area contributed by atoms with Gasteiger partial charge in [-0.05, 0) is 41.0 Å². The summed E-state index contributed by atoms with van der Waals surface area (Å²) in [4.78, 5) is 1.34. The lowest BCUT2D eigenvalue weighted by molar-refractivity contribution is 1.18. The van der Waals surface area contributed by atoms with Crippen LogP contribution in [-0.2, 0) is 6.54 Å². The highest BCUT2D eigenvalue weighted by molar-refractivity contribution is 7.11. The van der Waals surface area contributed by atoms with Crippen LogP contribution in [0.25, 0.3) is 11.1 Å². The minimum Gasteiger partial charge on any atom is -0.382 e. The van der Waals surface area contributed by atoms with Crippen LogP contribution in [0.4, 0.5) is 10.8 Å². The van der Waals surface area contributed by atoms with Gasteiger partial charge in [0.2, 0.25) is 0 Å². The molecule has 0 aliphatic rings. The van der Waals surface area contributed by atoms with Crippen molar-refractivity contribution >= 4 is 33.7 Å². The zero-order valence-corrected chi connectivity index (χ0v) is 12.7. The number of nitrogens with two attached hydrogens (primary N) is 1. The lowest BCUT2D eigenvalue weighted by atomic mass is 10.1. The number of nitrogen functional groups attached to an aromatic ring is 1. The molecule has 2 heterocycles. The van der Waals surface area contributed by atoms with Crippen LogP contribution in [0.1, 0.15) is 10.4 Å². The number of nitrogens with zero attached hydrogens (tertiary/aromatic N) is 1. The number of rotatable bonds is 4. The SMILES string of the molecule is Cc1ccsc1CNc1snc(N)c1-c1ccccc1. The molecule has 2 aromatic heterocycles. The van der Waals surface area contributed by atoms with Gasteiger partial charge >= 0.3 is 0 Å². The van der Waals surface area contributed by atoms with Gasteiger partial charge in [-0.15, -0.1) is 11.3 Å². The number of nitrogens with one attached hydrogen (secondary N) is 1. The molecule has 3 N–H and O–H groups in total. The third-order valence-corrected chi connectivity index (χ3v) is 5.00. The van der Waals surface area contributed by atoms with E-state index in [0.717, 1.165) is 22.7 Å². The van der Waals surface area contributed by atoms with Gasteiger partial charge in [-0.2, -0.15) is 4.37 Å². The fourth-order valence-corrected chi connectivity index (χ4v) is 3.63. The summed E-state index contributed by atoms with van der Waals surface area (Å²) in [7, 11) is 0. The third kappa shape index (κ3) is 2.55. The van der Waals surface area contributed by atoms with E-state index in [0.29, 0.717) is 5.82 Å². The molecule has 0 fully saturated rings. The van der Waals surface area contributed by atoms with E-state index in [4.69, 9.17) is 5.73 Å². The van der Waals surface area contributed by atoms with Gasteiger partial charge in [0.15, 0.2) is 0 Å². The van der Waals surface area contributed by atoms with Crippen molar-refractivity contribution in [3.05, 3.63) is 52.2 Å². The molecule has 0 spiro atoms. The number of aromatic nitrogens is 1. The van der Waals surface area contributed by atoms with Crippen LogP contribution in [0.3, 0.4) is 0 Å². The summed E-state index contributed by atoms with van der Waals surface area (Å²) in [5.74, 6) is 0.589. The van der Waals surface area contributed by atoms with Gasteiger partial charge in [0.25, 0.3) is 0 Å². The van der Waals surface area contributed by atoms with Crippen LogP contribution >= 0.6 is 22.9 Å². The second kappa shape index (κ2) is 5.64. The second-order valence-electron chi connectivity index (χ2n) is 4.52. The Morgan fingerprint density at radius 1 is 1.20 bits per heavy atom. The van der Waals surface area contributed by atoms with Gasteiger partial charge in [0.05, 0.1) is 12.1 Å². The fourth-order valence-electron chi connectivity index (χ4n) is 2.05. The maximum Gasteiger partial charge on any atom is 0.147 e. The normalized spacial score (nSPS) is 10.7. The molecule has 3 rings (SSSR count). The van der Waals surface area contributed by atoms with Crippen LogP contribution in [0, 0.1) is 6.92 Å². The minimum absolute atomic E-state index is 0.589. The van der Waals surface area contributed by atoms with Gasteiger partial charge in [-0.25, -0.2) is 0 Å². The number of aryl methyl sites for hydroxylation is 1. The van der Waals surface area contributed by atoms with E-state index in [1.54, 1.807) is 11.3 Å². The largest absolute Gasteiger partial charge is 0.382 e. The first-order valence-electron chi connectivity index (χ1n) is 6.33. The molecule has 3 nitrogen and oxygen atoms in total. The van der Waals surface area contributed by atoms with E-state index in [1.807, 2.05) is 18.2 Å². The standard InChI is InChI=1S/C15H15N3S2/c1-10-7-8-19-12(10)9-17-15-13(14(16)18-20-15)11-5-3-2-4-6-11/h2-8,17H,9H2,1H3,(H2,16,18). The second-order valence-corrected chi connectivity index (χ2v) is 6.29. The molecule has 102 valence electrons. The van der Waals surface area contributed by atoms with E-state index in [9.17, 15) is 0 Å². The van der Waals surface area contributed by atoms with Crippen molar-refractivity contribution in [2.24, 2.45) is 0 Å². The molecule has 0 aliphatic carbocycles. The van der Waals surface area contributed by atoms with Gasteiger partial charge < -0.3 is 11.1 Å². The lowest BCUT2D eigenvalue weighted by Crippen LogP contribution is -1.98. The molecule has 0 saturated carbocycles. The van der Waals surface area contributed by atoms with Gasteiger partial charge in [0, 0.05) is 4.88 Å². The summed E-state index contributed by atoms with van der Waals surface area (Å²) in [6.45, 7) is 2.94. The average molecular weight is 301 g/mol. The Labute approximate surface area is 126 Å². The maximum absolute atomic E-state index is 6.01. The molecule has 0 aliphatic heterocycles. The molecule has 0 bridgehead atoms. The molecule has 0 amide bonds. The Morgan fingerprint density at radius 2 is 2.00 bits per heavy atom. The molecular weight excluding hydrogens is 286 g/mol. The maximum atomic E-state index is 6.01. The Hall–Kier alpha value is -1.85. The van der Waals surface area contributed by atoms with E-state index >= 15 is 0 Å². The zero-order valence-electron chi connectivity index (χ0n) is 11.1. The summed E-state index contributed by atoms with van der Waals surface area (Å²) < 4.78 is 4.28. The van der Waals surface area contributed by atoms with Crippen LogP contribution in [0.5, 0.6) is 0 Å². The van der Waals surface area contributed by atoms with Gasteiger partial charge in [0.1, 0.15) is 10.8 Å². The molecule has 0 saturated heterocycles. The summed E-state index contributed by atoms with van der Waals surface area (Å²) in [5, 5.41) is 6.61. The number of hydrogen-bond acceptors (Lipinski definition) is 5. The van der Waals surface area contributed by atoms with Crippen LogP contribution in [0.15, 0.2) is 41.8 Å². The van der Waals surface area contributed by atoms with Gasteiger partial charge in [-0.1, -0.05) is 30.3 Å². The number of anilines is 2. The van der Waals surface area contributed by atoms with Crippen molar-refractivity contribution in [3.8, 4) is 11.1 Å². The summed E-state index contributed by atoms with van der Waals surface area (Å²) in [5.41, 5.74) is 9.44. The van der Waals surface area contributed by atoms with Crippen molar-refractivity contribution in [2.75, 3.05) is 11.1 Å². The third-order valence-electron chi connectivity index (χ3n) is 3.16. The van der Waals surface area contributed by atoms with Crippen molar-refractivity contribution in [2.45, 2.75) is 13.5 Å². The highest BCUT2D eigenvalue weighted by Gasteiger charge is 2.13. The molecule has 3 aromatic rings. The number of benzene rings is 1. The molecule has 5 heteroatoms. The number of thiophene rings is 1. The van der Waals surface area contributed by atoms with Crippen molar-refractivity contribution in [3.63, 3.8) is 0 Å². The minimum atomic E-state index is 0.589. The van der Waals surface area contributed by atoms with Crippen molar-refractivity contribution in [1.82, 2.24) is 4.37 Å². The predicted molar refractivity (Wildman–Crippen MR) is 88.3 cm³/mol. The summed E-state index contributed by atoms with van der Waals surface area (Å²) in [6.07, 6.45) is 0. The highest BCUT2D eigenvalue weighted by atomic mass is 32.1. The van der Waals surface area contributed by atoms with Crippen LogP contribution < -0.4 is 11.1 Å². The van der Waals surface area contributed by atoms with Gasteiger partial charge in [-0.3, -0.25) is 0 Å². The molecule has 0 atom stereocenters. The highest BCUT2D eigenvalue weighted by Crippen LogP contribution is 2.37. The quantitative estimate of drug-likeness (QED) is 0.752. The smallest absolute Gasteiger partial charge is 0.147 e. The van der Waals surface area contributed by atoms with E-state index < -0.39 is 0 Å². The molecular formula is C15H15N3S2. The average Bonchev–Trinajstić information content (AvgIpc) is 3.03. The van der Waals surface area contributed by atoms with Crippen LogP contribution in [-0.4, -0.2) is 4.37 Å². The summed E-state index contributed by atoms with van der Waals surface area (Å²) in [6, 6.07) is 12.3.